The third-order valence-electron chi connectivity index (χ3n) is 4.81. The highest BCUT2D eigenvalue weighted by molar-refractivity contribution is 5.96. The predicted octanol–water partition coefficient (Wildman–Crippen LogP) is 3.78. The summed E-state index contributed by atoms with van der Waals surface area (Å²) in [6.07, 6.45) is 4.89. The van der Waals surface area contributed by atoms with Crippen molar-refractivity contribution >= 4 is 12.0 Å². The fraction of sp³-hybridized carbons (Fsp3) is 0.400. The molecule has 0 bridgehead atoms. The van der Waals surface area contributed by atoms with Crippen LogP contribution in [-0.4, -0.2) is 47.4 Å². The van der Waals surface area contributed by atoms with Gasteiger partial charge in [-0.2, -0.15) is 5.10 Å². The Balaban J connectivity index is 2.09. The van der Waals surface area contributed by atoms with Gasteiger partial charge in [-0.15, -0.1) is 0 Å². The summed E-state index contributed by atoms with van der Waals surface area (Å²) < 4.78 is 21.7. The number of rotatable bonds is 5. The number of nitrogens with zero attached hydrogens (tertiary/aromatic N) is 3. The van der Waals surface area contributed by atoms with Crippen LogP contribution in [0.4, 0.5) is 4.39 Å². The maximum absolute atomic E-state index is 14.8. The minimum absolute atomic E-state index is 0.128. The van der Waals surface area contributed by atoms with E-state index < -0.39 is 11.8 Å². The predicted molar refractivity (Wildman–Crippen MR) is 99.4 cm³/mol. The SMILES string of the molecule is C=Cc1ccc(-c2c(C(=O)OCC)cnn2C2CCN(C)CC2)c(F)c1. The van der Waals surface area contributed by atoms with Gasteiger partial charge in [0.05, 0.1) is 24.5 Å². The Morgan fingerprint density at radius 3 is 2.77 bits per heavy atom. The van der Waals surface area contributed by atoms with Crippen molar-refractivity contribution in [2.45, 2.75) is 25.8 Å². The smallest absolute Gasteiger partial charge is 0.341 e. The Morgan fingerprint density at radius 2 is 2.15 bits per heavy atom. The molecule has 5 nitrogen and oxygen atoms in total. The fourth-order valence-corrected chi connectivity index (χ4v) is 3.36. The van der Waals surface area contributed by atoms with Crippen molar-refractivity contribution in [1.82, 2.24) is 14.7 Å². The van der Waals surface area contributed by atoms with Crippen LogP contribution in [0.1, 0.15) is 41.7 Å². The number of esters is 1. The lowest BCUT2D eigenvalue weighted by atomic mass is 10.0. The maximum Gasteiger partial charge on any atom is 0.341 e. The molecule has 0 atom stereocenters. The maximum atomic E-state index is 14.8. The first-order valence-electron chi connectivity index (χ1n) is 8.90. The van der Waals surface area contributed by atoms with Crippen LogP contribution in [-0.2, 0) is 4.74 Å². The lowest BCUT2D eigenvalue weighted by molar-refractivity contribution is 0.0527. The number of piperidine rings is 1. The van der Waals surface area contributed by atoms with E-state index in [0.717, 1.165) is 25.9 Å². The summed E-state index contributed by atoms with van der Waals surface area (Å²) in [5.74, 6) is -0.878. The minimum atomic E-state index is -0.478. The van der Waals surface area contributed by atoms with Crippen molar-refractivity contribution in [3.8, 4) is 11.3 Å². The molecule has 1 saturated heterocycles. The number of halogens is 1. The highest BCUT2D eigenvalue weighted by atomic mass is 19.1. The van der Waals surface area contributed by atoms with Gasteiger partial charge in [-0.25, -0.2) is 9.18 Å². The summed E-state index contributed by atoms with van der Waals surface area (Å²) in [7, 11) is 2.08. The molecule has 26 heavy (non-hydrogen) atoms. The van der Waals surface area contributed by atoms with Gasteiger partial charge in [0, 0.05) is 5.56 Å². The molecule has 138 valence electrons. The molecule has 1 aliphatic heterocycles. The average molecular weight is 357 g/mol. The summed E-state index contributed by atoms with van der Waals surface area (Å²) in [5.41, 5.74) is 1.84. The second-order valence-corrected chi connectivity index (χ2v) is 6.55. The van der Waals surface area contributed by atoms with Gasteiger partial charge in [-0.05, 0) is 57.6 Å². The molecule has 1 aliphatic rings. The lowest BCUT2D eigenvalue weighted by Gasteiger charge is -2.30. The number of aromatic nitrogens is 2. The molecule has 0 aliphatic carbocycles. The second-order valence-electron chi connectivity index (χ2n) is 6.55. The number of carbonyl (C=O) groups is 1. The quantitative estimate of drug-likeness (QED) is 0.764. The van der Waals surface area contributed by atoms with Crippen LogP contribution in [0.25, 0.3) is 17.3 Å². The number of hydrogen-bond acceptors (Lipinski definition) is 4. The Labute approximate surface area is 153 Å². The Morgan fingerprint density at radius 1 is 1.42 bits per heavy atom. The summed E-state index contributed by atoms with van der Waals surface area (Å²) >= 11 is 0. The van der Waals surface area contributed by atoms with E-state index in [1.807, 2.05) is 0 Å². The molecule has 1 aromatic heterocycles. The zero-order chi connectivity index (χ0) is 18.7. The molecule has 1 aromatic carbocycles. The number of ether oxygens (including phenoxy) is 1. The normalized spacial score (nSPS) is 15.8. The molecule has 3 rings (SSSR count). The molecule has 0 radical (unpaired) electrons. The van der Waals surface area contributed by atoms with Gasteiger partial charge in [0.15, 0.2) is 0 Å². The van der Waals surface area contributed by atoms with Crippen molar-refractivity contribution in [3.63, 3.8) is 0 Å². The van der Waals surface area contributed by atoms with Gasteiger partial charge in [0.2, 0.25) is 0 Å². The van der Waals surface area contributed by atoms with E-state index in [9.17, 15) is 9.18 Å². The zero-order valence-corrected chi connectivity index (χ0v) is 15.2. The number of hydrogen-bond donors (Lipinski definition) is 0. The second kappa shape index (κ2) is 7.83. The molecule has 0 unspecified atom stereocenters. The number of likely N-dealkylation sites (tertiary alicyclic amines) is 1. The molecule has 2 heterocycles. The molecule has 6 heteroatoms. The highest BCUT2D eigenvalue weighted by Crippen LogP contribution is 2.33. The van der Waals surface area contributed by atoms with E-state index in [1.54, 1.807) is 29.8 Å². The summed E-state index contributed by atoms with van der Waals surface area (Å²) in [6, 6.07) is 5.01. The minimum Gasteiger partial charge on any atom is -0.462 e. The summed E-state index contributed by atoms with van der Waals surface area (Å²) in [6.45, 7) is 7.56. The van der Waals surface area contributed by atoms with E-state index in [4.69, 9.17) is 4.74 Å². The van der Waals surface area contributed by atoms with Crippen LogP contribution in [0.15, 0.2) is 31.0 Å². The Kier molecular flexibility index (Phi) is 5.52. The van der Waals surface area contributed by atoms with Gasteiger partial charge in [-0.1, -0.05) is 18.7 Å². The van der Waals surface area contributed by atoms with Gasteiger partial charge in [0.1, 0.15) is 11.4 Å². The van der Waals surface area contributed by atoms with E-state index in [-0.39, 0.29) is 12.6 Å². The van der Waals surface area contributed by atoms with Gasteiger partial charge >= 0.3 is 5.97 Å². The molecule has 0 N–H and O–H groups in total. The standard InChI is InChI=1S/C20H24FN3O2/c1-4-14-6-7-16(18(21)12-14)19-17(20(25)26-5-2)13-22-24(19)15-8-10-23(3)11-9-15/h4,6-7,12-13,15H,1,5,8-11H2,2-3H3. The molecule has 2 aromatic rings. The topological polar surface area (TPSA) is 47.4 Å². The van der Waals surface area contributed by atoms with E-state index in [1.165, 1.54) is 12.3 Å². The molecular formula is C20H24FN3O2. The number of benzene rings is 1. The van der Waals surface area contributed by atoms with Gasteiger partial charge < -0.3 is 9.64 Å². The van der Waals surface area contributed by atoms with Crippen LogP contribution in [0.2, 0.25) is 0 Å². The first kappa shape index (κ1) is 18.3. The van der Waals surface area contributed by atoms with E-state index >= 15 is 0 Å². The zero-order valence-electron chi connectivity index (χ0n) is 15.2. The van der Waals surface area contributed by atoms with Gasteiger partial charge in [-0.3, -0.25) is 4.68 Å². The van der Waals surface area contributed by atoms with Crippen molar-refractivity contribution in [3.05, 3.63) is 47.9 Å². The van der Waals surface area contributed by atoms with Crippen molar-refractivity contribution in [2.24, 2.45) is 0 Å². The highest BCUT2D eigenvalue weighted by Gasteiger charge is 2.27. The monoisotopic (exact) mass is 357 g/mol. The largest absolute Gasteiger partial charge is 0.462 e. The first-order valence-corrected chi connectivity index (χ1v) is 8.90. The fourth-order valence-electron chi connectivity index (χ4n) is 3.36. The van der Waals surface area contributed by atoms with Gasteiger partial charge in [0.25, 0.3) is 0 Å². The van der Waals surface area contributed by atoms with Crippen LogP contribution in [0.3, 0.4) is 0 Å². The van der Waals surface area contributed by atoms with Crippen LogP contribution < -0.4 is 0 Å². The van der Waals surface area contributed by atoms with Crippen molar-refractivity contribution in [1.29, 1.82) is 0 Å². The van der Waals surface area contributed by atoms with Crippen LogP contribution in [0, 0.1) is 5.82 Å². The molecule has 0 amide bonds. The summed E-state index contributed by atoms with van der Waals surface area (Å²) in [4.78, 5) is 14.7. The summed E-state index contributed by atoms with van der Waals surface area (Å²) in [5, 5.41) is 4.44. The third kappa shape index (κ3) is 3.55. The molecule has 1 fully saturated rings. The number of carbonyl (C=O) groups excluding carboxylic acids is 1. The third-order valence-corrected chi connectivity index (χ3v) is 4.81. The van der Waals surface area contributed by atoms with E-state index in [0.29, 0.717) is 22.4 Å². The molecular weight excluding hydrogens is 333 g/mol. The Bertz CT molecular complexity index is 807. The van der Waals surface area contributed by atoms with Crippen molar-refractivity contribution < 1.29 is 13.9 Å². The average Bonchev–Trinajstić information content (AvgIpc) is 3.07. The lowest BCUT2D eigenvalue weighted by Crippen LogP contribution is -2.32. The van der Waals surface area contributed by atoms with E-state index in [2.05, 4.69) is 23.6 Å². The Hall–Kier alpha value is -2.47. The van der Waals surface area contributed by atoms with Crippen LogP contribution >= 0.6 is 0 Å². The van der Waals surface area contributed by atoms with Crippen LogP contribution in [0.5, 0.6) is 0 Å². The first-order chi connectivity index (χ1) is 12.5. The molecule has 0 saturated carbocycles. The van der Waals surface area contributed by atoms with Crippen molar-refractivity contribution in [2.75, 3.05) is 26.7 Å². The molecule has 0 spiro atoms.